The van der Waals surface area contributed by atoms with Gasteiger partial charge in [0.1, 0.15) is 34.2 Å². The van der Waals surface area contributed by atoms with E-state index in [1.807, 2.05) is 39.8 Å². The summed E-state index contributed by atoms with van der Waals surface area (Å²) in [4.78, 5) is 13.2. The van der Waals surface area contributed by atoms with Gasteiger partial charge in [0.05, 0.1) is 5.56 Å². The first-order valence-electron chi connectivity index (χ1n) is 10.2. The third-order valence-electron chi connectivity index (χ3n) is 5.53. The third-order valence-corrected chi connectivity index (χ3v) is 5.53. The van der Waals surface area contributed by atoms with Crippen LogP contribution in [-0.4, -0.2) is 32.8 Å². The summed E-state index contributed by atoms with van der Waals surface area (Å²) in [6.45, 7) is 7.72. The second-order valence-corrected chi connectivity index (χ2v) is 8.70. The molecule has 2 heterocycles. The van der Waals surface area contributed by atoms with Crippen LogP contribution in [0.3, 0.4) is 0 Å². The lowest BCUT2D eigenvalue weighted by molar-refractivity contribution is 0.0196. The number of para-hydroxylation sites is 1. The minimum Gasteiger partial charge on any atom is -0.508 e. The number of aliphatic hydroxyl groups is 1. The molecule has 6 nitrogen and oxygen atoms in total. The Morgan fingerprint density at radius 2 is 1.87 bits per heavy atom. The normalized spacial score (nSPS) is 20.9. The van der Waals surface area contributed by atoms with Crippen LogP contribution in [0.5, 0.6) is 23.0 Å². The van der Waals surface area contributed by atoms with Gasteiger partial charge in [-0.1, -0.05) is 29.8 Å². The highest BCUT2D eigenvalue weighted by Gasteiger charge is 2.43. The van der Waals surface area contributed by atoms with Crippen LogP contribution >= 0.6 is 0 Å². The van der Waals surface area contributed by atoms with Crippen molar-refractivity contribution in [3.63, 3.8) is 0 Å². The summed E-state index contributed by atoms with van der Waals surface area (Å²) in [5, 5.41) is 31.9. The van der Waals surface area contributed by atoms with Crippen LogP contribution in [0.2, 0.25) is 0 Å². The molecule has 2 aliphatic heterocycles. The van der Waals surface area contributed by atoms with E-state index in [2.05, 4.69) is 0 Å². The van der Waals surface area contributed by atoms with E-state index in [4.69, 9.17) is 9.47 Å². The van der Waals surface area contributed by atoms with Crippen molar-refractivity contribution in [2.45, 2.75) is 51.9 Å². The molecule has 2 aromatic carbocycles. The fraction of sp³-hybridized carbons (Fsp3) is 0.320. The zero-order valence-electron chi connectivity index (χ0n) is 18.0. The van der Waals surface area contributed by atoms with Gasteiger partial charge in [0.2, 0.25) is 5.78 Å². The average Bonchev–Trinajstić information content (AvgIpc) is 2.69. The van der Waals surface area contributed by atoms with Crippen molar-refractivity contribution < 1.29 is 29.6 Å². The Labute approximate surface area is 181 Å². The zero-order chi connectivity index (χ0) is 22.5. The minimum atomic E-state index is -1.58. The Bertz CT molecular complexity index is 1120. The van der Waals surface area contributed by atoms with E-state index in [0.717, 1.165) is 5.57 Å². The lowest BCUT2D eigenvalue weighted by atomic mass is 9.87. The summed E-state index contributed by atoms with van der Waals surface area (Å²) in [7, 11) is 0. The number of allylic oxidation sites excluding steroid dienone is 2. The molecule has 162 valence electrons. The maximum Gasteiger partial charge on any atom is 0.202 e. The Hall–Kier alpha value is -3.25. The lowest BCUT2D eigenvalue weighted by Gasteiger charge is -2.36. The van der Waals surface area contributed by atoms with Crippen molar-refractivity contribution in [2.24, 2.45) is 0 Å². The van der Waals surface area contributed by atoms with E-state index < -0.39 is 23.6 Å². The predicted molar refractivity (Wildman–Crippen MR) is 117 cm³/mol. The molecule has 0 aliphatic carbocycles. The van der Waals surface area contributed by atoms with Crippen LogP contribution in [0, 0.1) is 0 Å². The second kappa shape index (κ2) is 7.46. The van der Waals surface area contributed by atoms with E-state index in [1.54, 1.807) is 24.3 Å². The molecular formula is C25H26O6. The minimum absolute atomic E-state index is 0.0666. The summed E-state index contributed by atoms with van der Waals surface area (Å²) in [5.74, 6) is -0.412. The van der Waals surface area contributed by atoms with Crippen LogP contribution in [0.25, 0.3) is 6.08 Å². The number of phenols is 2. The molecule has 0 radical (unpaired) electrons. The number of carbonyl (C=O) groups excluding carboxylic acids is 1. The van der Waals surface area contributed by atoms with Gasteiger partial charge in [-0.2, -0.15) is 0 Å². The maximum absolute atomic E-state index is 13.2. The molecule has 0 saturated heterocycles. The van der Waals surface area contributed by atoms with Crippen molar-refractivity contribution in [2.75, 3.05) is 0 Å². The van der Waals surface area contributed by atoms with Gasteiger partial charge in [-0.15, -0.1) is 0 Å². The number of Topliss-reactive ketones (excluding diaryl/α,β-unsaturated/α-hetero) is 1. The van der Waals surface area contributed by atoms with E-state index in [-0.39, 0.29) is 22.8 Å². The molecule has 31 heavy (non-hydrogen) atoms. The van der Waals surface area contributed by atoms with Crippen molar-refractivity contribution in [3.05, 3.63) is 64.2 Å². The number of aliphatic hydroxyl groups excluding tert-OH is 1. The molecule has 0 spiro atoms. The van der Waals surface area contributed by atoms with Crippen LogP contribution in [0.15, 0.2) is 42.0 Å². The average molecular weight is 422 g/mol. The van der Waals surface area contributed by atoms with Gasteiger partial charge in [0.15, 0.2) is 12.2 Å². The molecule has 0 bridgehead atoms. The molecule has 0 amide bonds. The Morgan fingerprint density at radius 1 is 1.16 bits per heavy atom. The van der Waals surface area contributed by atoms with Gasteiger partial charge in [0.25, 0.3) is 0 Å². The predicted octanol–water partition coefficient (Wildman–Crippen LogP) is 4.47. The highest BCUT2D eigenvalue weighted by Crippen LogP contribution is 2.51. The monoisotopic (exact) mass is 422 g/mol. The van der Waals surface area contributed by atoms with Gasteiger partial charge in [-0.05, 0) is 52.3 Å². The molecular weight excluding hydrogens is 396 g/mol. The first-order valence-corrected chi connectivity index (χ1v) is 10.2. The number of ketones is 1. The third kappa shape index (κ3) is 3.57. The number of phenolic OH excluding ortho intramolecular Hbond substituents is 2. The number of hydrogen-bond donors (Lipinski definition) is 3. The number of rotatable bonds is 3. The maximum atomic E-state index is 13.2. The lowest BCUT2D eigenvalue weighted by Crippen LogP contribution is -2.37. The second-order valence-electron chi connectivity index (χ2n) is 8.70. The van der Waals surface area contributed by atoms with Crippen molar-refractivity contribution in [3.8, 4) is 23.0 Å². The van der Waals surface area contributed by atoms with Gasteiger partial charge in [0, 0.05) is 11.1 Å². The molecule has 0 aromatic heterocycles. The standard InChI is InChI=1S/C25H26O6/c1-13(2)9-10-16-22-15(11-12-25(3,4)31-22)19(27)18-20(28)21(29)24(30-23(16)18)14-7-5-6-8-17(14)26/h5-9,11-12,21,24,26-27,29H,10H2,1-4H3. The van der Waals surface area contributed by atoms with E-state index >= 15 is 0 Å². The van der Waals surface area contributed by atoms with E-state index in [1.165, 1.54) is 6.07 Å². The summed E-state index contributed by atoms with van der Waals surface area (Å²) in [6, 6.07) is 6.40. The molecule has 6 heteroatoms. The van der Waals surface area contributed by atoms with Gasteiger partial charge >= 0.3 is 0 Å². The highest BCUT2D eigenvalue weighted by atomic mass is 16.5. The van der Waals surface area contributed by atoms with Gasteiger partial charge in [-0.25, -0.2) is 0 Å². The summed E-state index contributed by atoms with van der Waals surface area (Å²) >= 11 is 0. The topological polar surface area (TPSA) is 96.2 Å². The van der Waals surface area contributed by atoms with Crippen LogP contribution in [0.1, 0.15) is 60.8 Å². The zero-order valence-corrected chi connectivity index (χ0v) is 18.0. The first kappa shape index (κ1) is 21.0. The SMILES string of the molecule is CC(C)=CCc1c2c(c(O)c3c1OC(c1ccccc1O)C(O)C3=O)C=CC(C)(C)O2. The molecule has 2 unspecified atom stereocenters. The summed E-state index contributed by atoms with van der Waals surface area (Å²) < 4.78 is 12.3. The molecule has 3 N–H and O–H groups in total. The largest absolute Gasteiger partial charge is 0.508 e. The number of fused-ring (bicyclic) bond motifs is 2. The van der Waals surface area contributed by atoms with Crippen molar-refractivity contribution in [1.29, 1.82) is 0 Å². The first-order chi connectivity index (χ1) is 14.6. The number of carbonyl (C=O) groups is 1. The number of aromatic hydroxyl groups is 2. The molecule has 4 rings (SSSR count). The number of ether oxygens (including phenoxy) is 2. The molecule has 2 aromatic rings. The Kier molecular flexibility index (Phi) is 5.06. The smallest absolute Gasteiger partial charge is 0.202 e. The summed E-state index contributed by atoms with van der Waals surface area (Å²) in [6.07, 6.45) is 3.24. The quantitative estimate of drug-likeness (QED) is 0.632. The van der Waals surface area contributed by atoms with Crippen LogP contribution in [0.4, 0.5) is 0 Å². The van der Waals surface area contributed by atoms with E-state index in [0.29, 0.717) is 28.9 Å². The fourth-order valence-corrected chi connectivity index (χ4v) is 3.91. The van der Waals surface area contributed by atoms with Crippen molar-refractivity contribution in [1.82, 2.24) is 0 Å². The summed E-state index contributed by atoms with van der Waals surface area (Å²) in [5.41, 5.74) is 1.69. The van der Waals surface area contributed by atoms with Crippen LogP contribution < -0.4 is 9.47 Å². The molecule has 0 fully saturated rings. The highest BCUT2D eigenvalue weighted by molar-refractivity contribution is 6.07. The van der Waals surface area contributed by atoms with Crippen molar-refractivity contribution >= 4 is 11.9 Å². The Morgan fingerprint density at radius 3 is 2.55 bits per heavy atom. The Balaban J connectivity index is 1.96. The van der Waals surface area contributed by atoms with Crippen LogP contribution in [-0.2, 0) is 6.42 Å². The van der Waals surface area contributed by atoms with Gasteiger partial charge in [-0.3, -0.25) is 4.79 Å². The van der Waals surface area contributed by atoms with E-state index in [9.17, 15) is 20.1 Å². The number of benzene rings is 2. The fourth-order valence-electron chi connectivity index (χ4n) is 3.91. The molecule has 0 saturated carbocycles. The van der Waals surface area contributed by atoms with Gasteiger partial charge < -0.3 is 24.8 Å². The number of hydrogen-bond acceptors (Lipinski definition) is 6. The molecule has 2 aliphatic rings. The molecule has 2 atom stereocenters.